The van der Waals surface area contributed by atoms with Gasteiger partial charge in [-0.2, -0.15) is 0 Å². The standard InChI is InChI=1S/C33H54N2O7Si/c1-6-7-8-10-16-26(17-11-9-12-21-30(39-2)31(34)36)42-33(38)28-19-15-22-35(28)32(37)27-18-13-14-20-29(27)41-25-40-23-24-43(3,4)5/h13-15,18,20,22,26,28,30H,6-12,16-17,19,21,23-25H2,1-5H3,(H2,34,36)/t26-,28+,30-/m1/s1. The number of rotatable bonds is 22. The van der Waals surface area contributed by atoms with Gasteiger partial charge in [0.1, 0.15) is 24.0 Å². The maximum absolute atomic E-state index is 13.6. The summed E-state index contributed by atoms with van der Waals surface area (Å²) < 4.78 is 22.7. The van der Waals surface area contributed by atoms with Crippen LogP contribution < -0.4 is 10.5 Å². The van der Waals surface area contributed by atoms with Gasteiger partial charge in [-0.25, -0.2) is 4.79 Å². The molecule has 3 atom stereocenters. The predicted molar refractivity (Wildman–Crippen MR) is 171 cm³/mol. The van der Waals surface area contributed by atoms with Crippen LogP contribution in [0.5, 0.6) is 5.75 Å². The van der Waals surface area contributed by atoms with Crippen LogP contribution in [-0.4, -0.2) is 69.5 Å². The number of carbonyl (C=O) groups is 3. The van der Waals surface area contributed by atoms with Crippen molar-refractivity contribution in [2.45, 2.75) is 121 Å². The minimum absolute atomic E-state index is 0.0600. The molecular formula is C33H54N2O7Si. The molecule has 2 N–H and O–H groups in total. The van der Waals surface area contributed by atoms with Crippen LogP contribution in [0.3, 0.4) is 0 Å². The van der Waals surface area contributed by atoms with E-state index in [1.165, 1.54) is 12.0 Å². The normalized spacial score (nSPS) is 16.2. The third-order valence-electron chi connectivity index (χ3n) is 7.64. The highest BCUT2D eigenvalue weighted by Gasteiger charge is 2.35. The molecule has 0 unspecified atom stereocenters. The van der Waals surface area contributed by atoms with Gasteiger partial charge in [0.15, 0.2) is 6.79 Å². The number of hydrogen-bond donors (Lipinski definition) is 1. The van der Waals surface area contributed by atoms with Crippen LogP contribution in [-0.2, 0) is 23.8 Å². The predicted octanol–water partition coefficient (Wildman–Crippen LogP) is 6.44. The summed E-state index contributed by atoms with van der Waals surface area (Å²) in [5.74, 6) is -0.724. The number of ether oxygens (including phenoxy) is 4. The average Bonchev–Trinajstić information content (AvgIpc) is 3.46. The van der Waals surface area contributed by atoms with Crippen molar-refractivity contribution in [3.05, 3.63) is 42.1 Å². The van der Waals surface area contributed by atoms with Gasteiger partial charge in [0.05, 0.1) is 5.56 Å². The third kappa shape index (κ3) is 13.7. The first-order valence-corrected chi connectivity index (χ1v) is 19.6. The Morgan fingerprint density at radius 3 is 2.33 bits per heavy atom. The number of esters is 1. The Morgan fingerprint density at radius 2 is 1.67 bits per heavy atom. The number of amides is 2. The molecule has 0 aromatic heterocycles. The quantitative estimate of drug-likeness (QED) is 0.0688. The van der Waals surface area contributed by atoms with Gasteiger partial charge in [0.2, 0.25) is 5.91 Å². The lowest BCUT2D eigenvalue weighted by Crippen LogP contribution is -2.41. The average molecular weight is 619 g/mol. The highest BCUT2D eigenvalue weighted by atomic mass is 28.3. The molecule has 0 saturated heterocycles. The van der Waals surface area contributed by atoms with E-state index >= 15 is 0 Å². The van der Waals surface area contributed by atoms with Crippen molar-refractivity contribution in [1.29, 1.82) is 0 Å². The van der Waals surface area contributed by atoms with Crippen molar-refractivity contribution in [2.75, 3.05) is 20.5 Å². The molecule has 2 rings (SSSR count). The molecule has 242 valence electrons. The lowest BCUT2D eigenvalue weighted by atomic mass is 10.0. The number of carbonyl (C=O) groups excluding carboxylic acids is 3. The SMILES string of the molecule is CCCCCC[C@H](CCCCC[C@@H](OC)C(N)=O)OC(=O)[C@@H]1CC=CN1C(=O)c1ccccc1OCOCC[Si](C)(C)C. The highest BCUT2D eigenvalue weighted by molar-refractivity contribution is 6.76. The maximum Gasteiger partial charge on any atom is 0.329 e. The van der Waals surface area contributed by atoms with Gasteiger partial charge < -0.3 is 29.6 Å². The van der Waals surface area contributed by atoms with Gasteiger partial charge in [-0.3, -0.25) is 9.59 Å². The minimum Gasteiger partial charge on any atom is -0.467 e. The molecule has 1 aliphatic rings. The van der Waals surface area contributed by atoms with E-state index in [0.29, 0.717) is 30.8 Å². The van der Waals surface area contributed by atoms with E-state index in [0.717, 1.165) is 63.8 Å². The fourth-order valence-electron chi connectivity index (χ4n) is 4.95. The Bertz CT molecular complexity index is 1030. The zero-order valence-corrected chi connectivity index (χ0v) is 28.0. The van der Waals surface area contributed by atoms with Crippen LogP contribution in [0, 0.1) is 0 Å². The van der Waals surface area contributed by atoms with E-state index in [2.05, 4.69) is 26.6 Å². The summed E-state index contributed by atoms with van der Waals surface area (Å²) in [5, 5.41) is 0. The largest absolute Gasteiger partial charge is 0.467 e. The van der Waals surface area contributed by atoms with Crippen LogP contribution in [0.2, 0.25) is 25.7 Å². The molecule has 0 bridgehead atoms. The molecule has 1 aromatic rings. The molecule has 0 fully saturated rings. The van der Waals surface area contributed by atoms with E-state index in [1.807, 2.05) is 12.1 Å². The maximum atomic E-state index is 13.6. The summed E-state index contributed by atoms with van der Waals surface area (Å²) >= 11 is 0. The van der Waals surface area contributed by atoms with Crippen molar-refractivity contribution < 1.29 is 33.3 Å². The molecule has 1 aromatic carbocycles. The topological polar surface area (TPSA) is 117 Å². The zero-order valence-electron chi connectivity index (χ0n) is 27.0. The molecule has 1 aliphatic heterocycles. The zero-order chi connectivity index (χ0) is 31.7. The van der Waals surface area contributed by atoms with E-state index in [9.17, 15) is 14.4 Å². The van der Waals surface area contributed by atoms with Crippen molar-refractivity contribution in [3.8, 4) is 5.75 Å². The summed E-state index contributed by atoms with van der Waals surface area (Å²) in [6.45, 7) is 9.71. The van der Waals surface area contributed by atoms with Gasteiger partial charge in [0, 0.05) is 28.0 Å². The fraction of sp³-hybridized carbons (Fsp3) is 0.667. The summed E-state index contributed by atoms with van der Waals surface area (Å²) in [6.07, 6.45) is 12.1. The van der Waals surface area contributed by atoms with E-state index in [1.54, 1.807) is 24.4 Å². The molecule has 0 radical (unpaired) electrons. The Hall–Kier alpha value is -2.69. The number of nitrogens with two attached hydrogens (primary N) is 1. The third-order valence-corrected chi connectivity index (χ3v) is 9.34. The van der Waals surface area contributed by atoms with Crippen LogP contribution >= 0.6 is 0 Å². The highest BCUT2D eigenvalue weighted by Crippen LogP contribution is 2.26. The number of unbranched alkanes of at least 4 members (excludes halogenated alkanes) is 5. The summed E-state index contributed by atoms with van der Waals surface area (Å²) in [5.41, 5.74) is 5.74. The first-order valence-electron chi connectivity index (χ1n) is 15.9. The number of nitrogens with zero attached hydrogens (tertiary/aromatic N) is 1. The molecule has 2 amide bonds. The van der Waals surface area contributed by atoms with E-state index in [4.69, 9.17) is 24.7 Å². The molecule has 0 saturated carbocycles. The summed E-state index contributed by atoms with van der Waals surface area (Å²) in [6, 6.07) is 7.35. The van der Waals surface area contributed by atoms with Gasteiger partial charge in [-0.1, -0.05) is 76.9 Å². The minimum atomic E-state index is -1.21. The Kier molecular flexibility index (Phi) is 16.6. The second kappa shape index (κ2) is 19.6. The van der Waals surface area contributed by atoms with E-state index in [-0.39, 0.29) is 24.8 Å². The van der Waals surface area contributed by atoms with Crippen LogP contribution in [0.4, 0.5) is 0 Å². The van der Waals surface area contributed by atoms with Gasteiger partial charge in [0.25, 0.3) is 5.91 Å². The molecule has 10 heteroatoms. The van der Waals surface area contributed by atoms with Crippen molar-refractivity contribution in [3.63, 3.8) is 0 Å². The first-order chi connectivity index (χ1) is 20.6. The molecule has 1 heterocycles. The van der Waals surface area contributed by atoms with Crippen molar-refractivity contribution >= 4 is 25.9 Å². The Balaban J connectivity index is 1.97. The number of hydrogen-bond acceptors (Lipinski definition) is 7. The summed E-state index contributed by atoms with van der Waals surface area (Å²) in [4.78, 5) is 39.9. The lowest BCUT2D eigenvalue weighted by molar-refractivity contribution is -0.154. The first kappa shape index (κ1) is 36.5. The molecule has 0 aliphatic carbocycles. The molecule has 0 spiro atoms. The second-order valence-electron chi connectivity index (χ2n) is 12.5. The number of para-hydroxylation sites is 1. The summed E-state index contributed by atoms with van der Waals surface area (Å²) in [7, 11) is 0.281. The van der Waals surface area contributed by atoms with Crippen molar-refractivity contribution in [2.24, 2.45) is 5.73 Å². The lowest BCUT2D eigenvalue weighted by Gasteiger charge is -2.26. The van der Waals surface area contributed by atoms with Crippen LogP contribution in [0.25, 0.3) is 0 Å². The van der Waals surface area contributed by atoms with Gasteiger partial charge >= 0.3 is 5.97 Å². The Labute approximate surface area is 259 Å². The van der Waals surface area contributed by atoms with E-state index < -0.39 is 26.1 Å². The number of primary amides is 1. The molecular weight excluding hydrogens is 564 g/mol. The van der Waals surface area contributed by atoms with Crippen molar-refractivity contribution in [1.82, 2.24) is 4.90 Å². The molecule has 9 nitrogen and oxygen atoms in total. The molecule has 43 heavy (non-hydrogen) atoms. The fourth-order valence-corrected chi connectivity index (χ4v) is 5.71. The van der Waals surface area contributed by atoms with Crippen LogP contribution in [0.1, 0.15) is 87.9 Å². The van der Waals surface area contributed by atoms with Gasteiger partial charge in [-0.15, -0.1) is 0 Å². The monoisotopic (exact) mass is 618 g/mol. The second-order valence-corrected chi connectivity index (χ2v) is 18.1. The smallest absolute Gasteiger partial charge is 0.329 e. The number of benzene rings is 1. The Morgan fingerprint density at radius 1 is 1.00 bits per heavy atom. The van der Waals surface area contributed by atoms with Gasteiger partial charge in [-0.05, 0) is 56.7 Å². The number of methoxy groups -OCH3 is 1. The van der Waals surface area contributed by atoms with Crippen LogP contribution in [0.15, 0.2) is 36.5 Å².